The number of alkyl halides is 1. The van der Waals surface area contributed by atoms with Gasteiger partial charge >= 0.3 is 0 Å². The molecule has 7 rings (SSSR count). The number of amides is 6. The Morgan fingerprint density at radius 2 is 1.75 bits per heavy atom. The number of carbonyl (C=O) groups is 6. The average Bonchev–Trinajstić information content (AvgIpc) is 3.63. The van der Waals surface area contributed by atoms with Gasteiger partial charge in [-0.25, -0.2) is 14.4 Å². The Kier molecular flexibility index (Phi) is 17.8. The first-order chi connectivity index (χ1) is 35.8. The van der Waals surface area contributed by atoms with Crippen LogP contribution in [0.25, 0.3) is 21.8 Å². The number of aromatic nitrogens is 6. The fourth-order valence-corrected chi connectivity index (χ4v) is 9.23. The molecular weight excluding hydrogens is 990 g/mol. The van der Waals surface area contributed by atoms with Gasteiger partial charge in [0.15, 0.2) is 28.8 Å². The molecule has 0 radical (unpaired) electrons. The first-order valence-corrected chi connectivity index (χ1v) is 25.5. The van der Waals surface area contributed by atoms with Gasteiger partial charge in [-0.3, -0.25) is 33.4 Å². The third kappa shape index (κ3) is 14.0. The van der Waals surface area contributed by atoms with E-state index < -0.39 is 58.8 Å². The number of unbranched alkanes of at least 4 members (excludes halogenated alkanes) is 3. The Bertz CT molecular complexity index is 2900. The van der Waals surface area contributed by atoms with Gasteiger partial charge in [0, 0.05) is 51.7 Å². The highest BCUT2D eigenvalue weighted by atomic mass is 32.1. The number of aliphatic hydroxyl groups is 1. The lowest BCUT2D eigenvalue weighted by Gasteiger charge is -2.35. The highest BCUT2D eigenvalue weighted by molar-refractivity contribution is 7.13. The van der Waals surface area contributed by atoms with Crippen LogP contribution in [0.1, 0.15) is 93.9 Å². The van der Waals surface area contributed by atoms with Crippen LogP contribution in [0.3, 0.4) is 0 Å². The fraction of sp³-hybridized carbons (Fsp3) is 0.471. The number of thiazole rings is 1. The summed E-state index contributed by atoms with van der Waals surface area (Å²) in [4.78, 5) is 89.8. The van der Waals surface area contributed by atoms with E-state index in [1.807, 2.05) is 25.1 Å². The minimum absolute atomic E-state index is 0.00735. The predicted molar refractivity (Wildman–Crippen MR) is 277 cm³/mol. The van der Waals surface area contributed by atoms with Crippen molar-refractivity contribution in [1.29, 1.82) is 0 Å². The van der Waals surface area contributed by atoms with E-state index in [-0.39, 0.29) is 68.4 Å². The van der Waals surface area contributed by atoms with Crippen molar-refractivity contribution < 1.29 is 47.7 Å². The van der Waals surface area contributed by atoms with Crippen LogP contribution >= 0.6 is 11.3 Å². The van der Waals surface area contributed by atoms with E-state index in [0.29, 0.717) is 60.0 Å². The number of ether oxygens (including phenoxy) is 2. The molecule has 3 atom stereocenters. The summed E-state index contributed by atoms with van der Waals surface area (Å²) in [6.07, 6.45) is 3.59. The molecule has 1 saturated heterocycles. The molecule has 2 aliphatic rings. The summed E-state index contributed by atoms with van der Waals surface area (Å²) in [5.74, 6) is -1.92. The molecular formula is C51H64FN13O9S. The zero-order chi connectivity index (χ0) is 54.0. The van der Waals surface area contributed by atoms with Crippen LogP contribution in [0.4, 0.5) is 21.6 Å². The summed E-state index contributed by atoms with van der Waals surface area (Å²) < 4.78 is 28.2. The molecule has 1 aliphatic heterocycles. The number of methoxy groups -OCH3 is 1. The summed E-state index contributed by atoms with van der Waals surface area (Å²) in [5, 5.41) is 39.5. The van der Waals surface area contributed by atoms with E-state index in [4.69, 9.17) is 9.47 Å². The van der Waals surface area contributed by atoms with Crippen LogP contribution in [-0.4, -0.2) is 133 Å². The largest absolute Gasteiger partial charge is 0.494 e. The third-order valence-corrected chi connectivity index (χ3v) is 13.7. The number of hydrogen-bond acceptors (Lipinski definition) is 16. The molecule has 2 aromatic carbocycles. The smallest absolute Gasteiger partial charge is 0.273 e. The van der Waals surface area contributed by atoms with Gasteiger partial charge in [-0.1, -0.05) is 51.8 Å². The molecule has 1 aliphatic carbocycles. The molecule has 4 heterocycles. The maximum atomic E-state index is 14.7. The van der Waals surface area contributed by atoms with Crippen molar-refractivity contribution in [2.75, 3.05) is 44.5 Å². The van der Waals surface area contributed by atoms with Gasteiger partial charge in [0.1, 0.15) is 24.2 Å². The number of likely N-dealkylation sites (tertiary alicyclic amines) is 1. The van der Waals surface area contributed by atoms with Crippen LogP contribution in [0.5, 0.6) is 11.5 Å². The number of hydrogen-bond donors (Lipinski definition) is 7. The number of aryl methyl sites for hydroxylation is 2. The van der Waals surface area contributed by atoms with E-state index in [1.165, 1.54) is 36.5 Å². The maximum Gasteiger partial charge on any atom is 0.273 e. The Morgan fingerprint density at radius 3 is 2.43 bits per heavy atom. The molecule has 0 unspecified atom stereocenters. The van der Waals surface area contributed by atoms with E-state index in [9.17, 15) is 38.3 Å². The lowest BCUT2D eigenvalue weighted by molar-refractivity contribution is -0.145. The highest BCUT2D eigenvalue weighted by Gasteiger charge is 2.53. The van der Waals surface area contributed by atoms with Crippen molar-refractivity contribution in [3.63, 3.8) is 0 Å². The molecule has 5 aromatic rings. The van der Waals surface area contributed by atoms with Crippen LogP contribution in [0.2, 0.25) is 0 Å². The first kappa shape index (κ1) is 55.2. The molecule has 6 amide bonds. The molecule has 2 fully saturated rings. The Morgan fingerprint density at radius 1 is 0.973 bits per heavy atom. The molecule has 24 heteroatoms. The number of aliphatic hydroxyl groups excluding tert-OH is 1. The summed E-state index contributed by atoms with van der Waals surface area (Å²) >= 11 is 1.49. The van der Waals surface area contributed by atoms with Gasteiger partial charge in [0.2, 0.25) is 23.6 Å². The molecule has 7 N–H and O–H groups in total. The molecule has 75 heavy (non-hydrogen) atoms. The normalized spacial score (nSPS) is 16.1. The van der Waals surface area contributed by atoms with E-state index in [2.05, 4.69) is 57.2 Å². The summed E-state index contributed by atoms with van der Waals surface area (Å²) in [7, 11) is 4.69. The zero-order valence-electron chi connectivity index (χ0n) is 43.0. The number of anilines is 3. The molecule has 22 nitrogen and oxygen atoms in total. The Labute approximate surface area is 437 Å². The van der Waals surface area contributed by atoms with Crippen LogP contribution in [0, 0.1) is 12.3 Å². The Hall–Kier alpha value is -7.60. The second-order valence-electron chi connectivity index (χ2n) is 19.6. The number of para-hydroxylation sites is 1. The minimum atomic E-state index is -2.00. The zero-order valence-corrected chi connectivity index (χ0v) is 43.9. The van der Waals surface area contributed by atoms with Crippen molar-refractivity contribution in [1.82, 2.24) is 56.1 Å². The van der Waals surface area contributed by atoms with Crippen LogP contribution in [0.15, 0.2) is 54.3 Å². The molecule has 400 valence electrons. The fourth-order valence-electron chi connectivity index (χ4n) is 8.42. The molecule has 0 bridgehead atoms. The van der Waals surface area contributed by atoms with E-state index >= 15 is 0 Å². The molecule has 0 spiro atoms. The SMILES string of the molecule is CNC(=O)c1nnc(NC(=O)CNC(=O)CCCCCCOc2cc(-c3scnc3C)ccc2CNC(=O)[C@@H]2C[C@@H](O)CN2C(=O)[C@@H](NC(=O)C2(F)CC2)C(C)(C)C)cc1Nc1cccc(-c2ncn(C)n2)c1OC. The number of nitrogens with zero attached hydrogens (tertiary/aromatic N) is 7. The monoisotopic (exact) mass is 1050 g/mol. The summed E-state index contributed by atoms with van der Waals surface area (Å²) in [5.41, 5.74) is 2.61. The quantitative estimate of drug-likeness (QED) is 0.0443. The van der Waals surface area contributed by atoms with Crippen molar-refractivity contribution in [3.05, 3.63) is 71.3 Å². The van der Waals surface area contributed by atoms with Gasteiger partial charge in [-0.15, -0.1) is 21.5 Å². The number of halogens is 1. The number of carbonyl (C=O) groups excluding carboxylic acids is 6. The van der Waals surface area contributed by atoms with Crippen molar-refractivity contribution in [2.45, 2.75) is 109 Å². The topological polar surface area (TPSA) is 286 Å². The van der Waals surface area contributed by atoms with Gasteiger partial charge in [-0.05, 0) is 61.8 Å². The lowest BCUT2D eigenvalue weighted by atomic mass is 9.85. The summed E-state index contributed by atoms with van der Waals surface area (Å²) in [6, 6.07) is 10.3. The number of rotatable bonds is 23. The number of β-amino-alcohol motifs (C(OH)–C–C–N with tert-alkyl or cyclic N) is 1. The number of benzene rings is 2. The van der Waals surface area contributed by atoms with Crippen molar-refractivity contribution in [2.24, 2.45) is 12.5 Å². The molecule has 3 aromatic heterocycles. The standard InChI is InChI=1S/C51H64FN13O9S/c1-29-43(75-28-57-29)30-16-17-31(24-55-46(69)36-22-32(66)26-65(36)48(71)44(50(2,3)4)60-49(72)51(52)18-19-51)37(21-30)74-20-11-9-8-10-15-39(67)54-25-40(68)59-38-23-35(41(62-61-38)47(70)53-5)58-34-14-12-13-33(42(34)73-7)45-56-27-64(6)63-45/h12-14,16-17,21,23,27-28,32,36,44,66H,8-11,15,18-20,22,24-26H2,1-7H3,(H,53,70)(H,54,67)(H,55,69)(H,60,72)(H2,58,59,61,68)/t32-,36+,44-/m1/s1. The van der Waals surface area contributed by atoms with E-state index in [1.54, 1.807) is 62.5 Å². The van der Waals surface area contributed by atoms with Gasteiger partial charge in [0.25, 0.3) is 11.8 Å². The Balaban J connectivity index is 0.881. The van der Waals surface area contributed by atoms with Crippen LogP contribution in [-0.2, 0) is 37.6 Å². The molecule has 1 saturated carbocycles. The maximum absolute atomic E-state index is 14.7. The van der Waals surface area contributed by atoms with E-state index in [0.717, 1.165) is 22.6 Å². The third-order valence-electron chi connectivity index (χ3n) is 12.7. The number of nitrogens with one attached hydrogen (secondary N) is 6. The van der Waals surface area contributed by atoms with Gasteiger partial charge in [-0.2, -0.15) is 5.10 Å². The second-order valence-corrected chi connectivity index (χ2v) is 20.5. The summed E-state index contributed by atoms with van der Waals surface area (Å²) in [6.45, 7) is 7.09. The first-order valence-electron chi connectivity index (χ1n) is 24.7. The minimum Gasteiger partial charge on any atom is -0.494 e. The van der Waals surface area contributed by atoms with Crippen LogP contribution < -0.4 is 41.4 Å². The van der Waals surface area contributed by atoms with Crippen molar-refractivity contribution in [3.8, 4) is 33.3 Å². The highest BCUT2D eigenvalue weighted by Crippen LogP contribution is 2.41. The van der Waals surface area contributed by atoms with Crippen molar-refractivity contribution >= 4 is 64.0 Å². The van der Waals surface area contributed by atoms with Gasteiger partial charge < -0.3 is 51.4 Å². The van der Waals surface area contributed by atoms with Gasteiger partial charge in [0.05, 0.1) is 59.4 Å². The lowest BCUT2D eigenvalue weighted by Crippen LogP contribution is -2.59. The average molecular weight is 1050 g/mol. The second kappa shape index (κ2) is 24.2. The predicted octanol–water partition coefficient (Wildman–Crippen LogP) is 4.51.